The maximum atomic E-state index is 12.1. The van der Waals surface area contributed by atoms with Crippen LogP contribution in [0.15, 0.2) is 24.3 Å². The van der Waals surface area contributed by atoms with Crippen LogP contribution in [0.1, 0.15) is 18.4 Å². The third kappa shape index (κ3) is 5.30. The van der Waals surface area contributed by atoms with Crippen molar-refractivity contribution in [3.63, 3.8) is 0 Å². The molecule has 0 amide bonds. The summed E-state index contributed by atoms with van der Waals surface area (Å²) in [5.41, 5.74) is 6.88. The first-order valence-electron chi connectivity index (χ1n) is 6.15. The van der Waals surface area contributed by atoms with Crippen molar-refractivity contribution in [2.75, 3.05) is 13.1 Å². The molecule has 0 spiro atoms. The standard InChI is InChI=1S/C13H18F2N2O.ClH/c14-13(15)18-12-5-1-3-10(7-12)8-17-6-2-4-11(16)9-17;/h1,3,5,7,11,13H,2,4,6,8-9,16H2;1H/t11-;/m1./s1. The van der Waals surface area contributed by atoms with Crippen LogP contribution in [0.5, 0.6) is 5.75 Å². The quantitative estimate of drug-likeness (QED) is 0.927. The number of hydrogen-bond donors (Lipinski definition) is 1. The van der Waals surface area contributed by atoms with E-state index >= 15 is 0 Å². The van der Waals surface area contributed by atoms with Gasteiger partial charge in [-0.15, -0.1) is 12.4 Å². The van der Waals surface area contributed by atoms with Crippen molar-refractivity contribution in [1.82, 2.24) is 4.90 Å². The fraction of sp³-hybridized carbons (Fsp3) is 0.538. The second-order valence-electron chi connectivity index (χ2n) is 4.66. The van der Waals surface area contributed by atoms with Gasteiger partial charge in [-0.2, -0.15) is 8.78 Å². The molecular weight excluding hydrogens is 274 g/mol. The molecule has 1 fully saturated rings. The summed E-state index contributed by atoms with van der Waals surface area (Å²) in [7, 11) is 0. The highest BCUT2D eigenvalue weighted by Gasteiger charge is 2.16. The highest BCUT2D eigenvalue weighted by molar-refractivity contribution is 5.85. The van der Waals surface area contributed by atoms with Crippen molar-refractivity contribution in [3.05, 3.63) is 29.8 Å². The molecule has 3 nitrogen and oxygen atoms in total. The highest BCUT2D eigenvalue weighted by Crippen LogP contribution is 2.18. The lowest BCUT2D eigenvalue weighted by Gasteiger charge is -2.30. The first-order chi connectivity index (χ1) is 8.63. The van der Waals surface area contributed by atoms with E-state index < -0.39 is 6.61 Å². The van der Waals surface area contributed by atoms with Crippen LogP contribution in [-0.4, -0.2) is 30.6 Å². The first-order valence-corrected chi connectivity index (χ1v) is 6.15. The second-order valence-corrected chi connectivity index (χ2v) is 4.66. The Bertz CT molecular complexity index is 393. The van der Waals surface area contributed by atoms with Gasteiger partial charge in [0.05, 0.1) is 0 Å². The van der Waals surface area contributed by atoms with Crippen LogP contribution in [0.2, 0.25) is 0 Å². The molecule has 0 radical (unpaired) electrons. The minimum Gasteiger partial charge on any atom is -0.435 e. The molecule has 0 aliphatic carbocycles. The van der Waals surface area contributed by atoms with Crippen molar-refractivity contribution >= 4 is 12.4 Å². The van der Waals surface area contributed by atoms with Crippen LogP contribution in [-0.2, 0) is 6.54 Å². The molecule has 1 aromatic carbocycles. The molecule has 1 aliphatic heterocycles. The van der Waals surface area contributed by atoms with Gasteiger partial charge in [0.25, 0.3) is 0 Å². The lowest BCUT2D eigenvalue weighted by molar-refractivity contribution is -0.0499. The Kier molecular flexibility index (Phi) is 6.48. The molecule has 108 valence electrons. The van der Waals surface area contributed by atoms with Crippen molar-refractivity contribution in [1.29, 1.82) is 0 Å². The maximum Gasteiger partial charge on any atom is 0.387 e. The molecule has 2 N–H and O–H groups in total. The predicted octanol–water partition coefficient (Wildman–Crippen LogP) is 2.63. The predicted molar refractivity (Wildman–Crippen MR) is 72.8 cm³/mol. The third-order valence-corrected chi connectivity index (χ3v) is 3.07. The van der Waals surface area contributed by atoms with Gasteiger partial charge < -0.3 is 10.5 Å². The zero-order valence-corrected chi connectivity index (χ0v) is 11.4. The molecule has 1 heterocycles. The number of rotatable bonds is 4. The average molecular weight is 293 g/mol. The smallest absolute Gasteiger partial charge is 0.387 e. The van der Waals surface area contributed by atoms with E-state index in [0.29, 0.717) is 0 Å². The fourth-order valence-corrected chi connectivity index (χ4v) is 2.31. The summed E-state index contributed by atoms with van der Waals surface area (Å²) < 4.78 is 28.6. The largest absolute Gasteiger partial charge is 0.435 e. The van der Waals surface area contributed by atoms with Crippen molar-refractivity contribution in [2.24, 2.45) is 5.73 Å². The summed E-state index contributed by atoms with van der Waals surface area (Å²) in [5.74, 6) is 0.212. The SMILES string of the molecule is Cl.N[C@@H]1CCCN(Cc2cccc(OC(F)F)c2)C1. The van der Waals surface area contributed by atoms with Crippen LogP contribution in [0.25, 0.3) is 0 Å². The second kappa shape index (κ2) is 7.62. The van der Waals surface area contributed by atoms with Crippen LogP contribution < -0.4 is 10.5 Å². The summed E-state index contributed by atoms with van der Waals surface area (Å²) >= 11 is 0. The summed E-state index contributed by atoms with van der Waals surface area (Å²) in [6.07, 6.45) is 2.15. The molecule has 6 heteroatoms. The monoisotopic (exact) mass is 292 g/mol. The molecule has 0 unspecified atom stereocenters. The Morgan fingerprint density at radius 1 is 1.42 bits per heavy atom. The van der Waals surface area contributed by atoms with Crippen LogP contribution >= 0.6 is 12.4 Å². The first kappa shape index (κ1) is 16.1. The van der Waals surface area contributed by atoms with Crippen LogP contribution in [0.4, 0.5) is 8.78 Å². The van der Waals surface area contributed by atoms with Gasteiger partial charge in [0.2, 0.25) is 0 Å². The van der Waals surface area contributed by atoms with E-state index in [2.05, 4.69) is 9.64 Å². The Morgan fingerprint density at radius 2 is 2.21 bits per heavy atom. The lowest BCUT2D eigenvalue weighted by Crippen LogP contribution is -2.42. The molecule has 0 saturated carbocycles. The summed E-state index contributed by atoms with van der Waals surface area (Å²) in [5, 5.41) is 0. The lowest BCUT2D eigenvalue weighted by atomic mass is 10.1. The van der Waals surface area contributed by atoms with Gasteiger partial charge >= 0.3 is 6.61 Å². The van der Waals surface area contributed by atoms with E-state index in [0.717, 1.165) is 38.0 Å². The van der Waals surface area contributed by atoms with Gasteiger partial charge in [-0.25, -0.2) is 0 Å². The number of piperidine rings is 1. The van der Waals surface area contributed by atoms with Crippen molar-refractivity contribution in [3.8, 4) is 5.75 Å². The number of benzene rings is 1. The van der Waals surface area contributed by atoms with Gasteiger partial charge in [-0.05, 0) is 37.1 Å². The van der Waals surface area contributed by atoms with E-state index in [4.69, 9.17) is 5.73 Å². The van der Waals surface area contributed by atoms with E-state index in [1.165, 1.54) is 6.07 Å². The zero-order valence-electron chi connectivity index (χ0n) is 10.6. The Labute approximate surface area is 118 Å². The molecule has 0 bridgehead atoms. The number of halogens is 3. The van der Waals surface area contributed by atoms with Gasteiger partial charge in [-0.1, -0.05) is 12.1 Å². The van der Waals surface area contributed by atoms with Crippen molar-refractivity contribution < 1.29 is 13.5 Å². The van der Waals surface area contributed by atoms with Crippen molar-refractivity contribution in [2.45, 2.75) is 32.0 Å². The molecule has 19 heavy (non-hydrogen) atoms. The number of nitrogens with two attached hydrogens (primary N) is 1. The summed E-state index contributed by atoms with van der Waals surface area (Å²) in [6, 6.07) is 7.07. The molecule has 1 aliphatic rings. The average Bonchev–Trinajstić information content (AvgIpc) is 2.28. The maximum absolute atomic E-state index is 12.1. The number of alkyl halides is 2. The third-order valence-electron chi connectivity index (χ3n) is 3.07. The van der Waals surface area contributed by atoms with E-state index in [9.17, 15) is 8.78 Å². The van der Waals surface area contributed by atoms with Gasteiger partial charge in [0, 0.05) is 19.1 Å². The molecule has 2 rings (SSSR count). The number of nitrogens with zero attached hydrogens (tertiary/aromatic N) is 1. The van der Waals surface area contributed by atoms with E-state index in [1.807, 2.05) is 6.07 Å². The van der Waals surface area contributed by atoms with Gasteiger partial charge in [-0.3, -0.25) is 4.90 Å². The number of likely N-dealkylation sites (tertiary alicyclic amines) is 1. The van der Waals surface area contributed by atoms with Gasteiger partial charge in [0.1, 0.15) is 5.75 Å². The topological polar surface area (TPSA) is 38.5 Å². The van der Waals surface area contributed by atoms with Crippen LogP contribution in [0.3, 0.4) is 0 Å². The van der Waals surface area contributed by atoms with Crippen LogP contribution in [0, 0.1) is 0 Å². The zero-order chi connectivity index (χ0) is 13.0. The number of ether oxygens (including phenoxy) is 1. The minimum absolute atomic E-state index is 0. The van der Waals surface area contributed by atoms with Gasteiger partial charge in [0.15, 0.2) is 0 Å². The fourth-order valence-electron chi connectivity index (χ4n) is 2.31. The molecular formula is C13H19ClF2N2O. The van der Waals surface area contributed by atoms with E-state index in [-0.39, 0.29) is 24.2 Å². The summed E-state index contributed by atoms with van der Waals surface area (Å²) in [6.45, 7) is -0.175. The Balaban J connectivity index is 0.00000180. The Hall–Kier alpha value is -0.910. The molecule has 1 atom stereocenters. The Morgan fingerprint density at radius 3 is 2.89 bits per heavy atom. The molecule has 1 saturated heterocycles. The molecule has 1 aromatic rings. The minimum atomic E-state index is -2.77. The van der Waals surface area contributed by atoms with E-state index in [1.54, 1.807) is 12.1 Å². The highest BCUT2D eigenvalue weighted by atomic mass is 35.5. The number of hydrogen-bond acceptors (Lipinski definition) is 3. The summed E-state index contributed by atoms with van der Waals surface area (Å²) in [4.78, 5) is 2.25. The normalized spacial score (nSPS) is 20.1. The molecule has 0 aromatic heterocycles.